The first-order chi connectivity index (χ1) is 19.4. The number of halogens is 1. The van der Waals surface area contributed by atoms with Crippen molar-refractivity contribution < 1.29 is 19.1 Å². The summed E-state index contributed by atoms with van der Waals surface area (Å²) >= 11 is 6.26. The molecule has 0 aliphatic carbocycles. The van der Waals surface area contributed by atoms with Gasteiger partial charge in [0.25, 0.3) is 11.8 Å². The standard InChI is InChI=1S/C33H23ClN2O4/c1-20-13-15-24(17-29(20)34)36-32(38)28(31(37)35-33(36)39)18-27-26-12-5-3-8-22(26)14-16-30(27)40-19-23-10-6-9-21-7-2-4-11-25(21)23/h2-18H,19H2,1H3,(H,35,37,39). The quantitative estimate of drug-likeness (QED) is 0.187. The molecule has 0 spiro atoms. The molecule has 0 atom stereocenters. The second-order valence-electron chi connectivity index (χ2n) is 9.52. The Morgan fingerprint density at radius 2 is 1.52 bits per heavy atom. The van der Waals surface area contributed by atoms with Crippen molar-refractivity contribution in [3.63, 3.8) is 0 Å². The number of nitrogens with one attached hydrogen (secondary N) is 1. The molecule has 0 bridgehead atoms. The number of imide groups is 2. The fraction of sp³-hybridized carbons (Fsp3) is 0.0606. The minimum absolute atomic E-state index is 0.192. The summed E-state index contributed by atoms with van der Waals surface area (Å²) in [7, 11) is 0. The Balaban J connectivity index is 1.43. The number of anilines is 1. The third-order valence-corrected chi connectivity index (χ3v) is 7.40. The van der Waals surface area contributed by atoms with E-state index in [0.717, 1.165) is 37.6 Å². The third-order valence-electron chi connectivity index (χ3n) is 7.00. The van der Waals surface area contributed by atoms with Crippen LogP contribution in [0.2, 0.25) is 5.02 Å². The molecule has 6 rings (SSSR count). The van der Waals surface area contributed by atoms with Crippen molar-refractivity contribution in [1.29, 1.82) is 0 Å². The number of hydrogen-bond donors (Lipinski definition) is 1. The molecule has 5 aromatic rings. The van der Waals surface area contributed by atoms with Crippen LogP contribution in [0.3, 0.4) is 0 Å². The zero-order valence-corrected chi connectivity index (χ0v) is 22.2. The predicted molar refractivity (Wildman–Crippen MR) is 157 cm³/mol. The first kappa shape index (κ1) is 25.3. The van der Waals surface area contributed by atoms with Gasteiger partial charge in [-0.3, -0.25) is 14.9 Å². The smallest absolute Gasteiger partial charge is 0.335 e. The molecule has 1 saturated heterocycles. The average Bonchev–Trinajstić information content (AvgIpc) is 2.96. The molecule has 1 heterocycles. The van der Waals surface area contributed by atoms with Crippen molar-refractivity contribution in [2.24, 2.45) is 0 Å². The monoisotopic (exact) mass is 546 g/mol. The maximum Gasteiger partial charge on any atom is 0.335 e. The van der Waals surface area contributed by atoms with E-state index in [2.05, 4.69) is 5.32 Å². The largest absolute Gasteiger partial charge is 0.488 e. The highest BCUT2D eigenvalue weighted by molar-refractivity contribution is 6.40. The lowest BCUT2D eigenvalue weighted by molar-refractivity contribution is -0.122. The van der Waals surface area contributed by atoms with Crippen LogP contribution in [0.15, 0.2) is 103 Å². The second-order valence-corrected chi connectivity index (χ2v) is 9.92. The van der Waals surface area contributed by atoms with E-state index in [4.69, 9.17) is 16.3 Å². The van der Waals surface area contributed by atoms with Gasteiger partial charge in [0.15, 0.2) is 0 Å². The minimum atomic E-state index is -0.836. The minimum Gasteiger partial charge on any atom is -0.488 e. The number of amides is 4. The summed E-state index contributed by atoms with van der Waals surface area (Å²) in [5, 5.41) is 6.58. The van der Waals surface area contributed by atoms with Gasteiger partial charge in [0.2, 0.25) is 0 Å². The zero-order valence-electron chi connectivity index (χ0n) is 21.5. The molecule has 4 amide bonds. The number of fused-ring (bicyclic) bond motifs is 2. The second kappa shape index (κ2) is 10.3. The molecule has 6 nitrogen and oxygen atoms in total. The first-order valence-corrected chi connectivity index (χ1v) is 13.1. The third kappa shape index (κ3) is 4.59. The Morgan fingerprint density at radius 3 is 2.30 bits per heavy atom. The highest BCUT2D eigenvalue weighted by Gasteiger charge is 2.37. The van der Waals surface area contributed by atoms with Crippen LogP contribution in [0.1, 0.15) is 16.7 Å². The summed E-state index contributed by atoms with van der Waals surface area (Å²) in [6.45, 7) is 2.10. The number of rotatable bonds is 5. The van der Waals surface area contributed by atoms with Crippen LogP contribution in [0, 0.1) is 6.92 Å². The molecule has 5 aromatic carbocycles. The Morgan fingerprint density at radius 1 is 0.825 bits per heavy atom. The molecule has 0 radical (unpaired) electrons. The highest BCUT2D eigenvalue weighted by Crippen LogP contribution is 2.33. The maximum absolute atomic E-state index is 13.6. The van der Waals surface area contributed by atoms with Gasteiger partial charge in [-0.1, -0.05) is 90.5 Å². The van der Waals surface area contributed by atoms with Crippen LogP contribution in [0.4, 0.5) is 10.5 Å². The zero-order chi connectivity index (χ0) is 27.8. The molecular weight excluding hydrogens is 524 g/mol. The van der Waals surface area contributed by atoms with Gasteiger partial charge in [0, 0.05) is 10.6 Å². The lowest BCUT2D eigenvalue weighted by atomic mass is 9.99. The molecule has 7 heteroatoms. The topological polar surface area (TPSA) is 75.7 Å². The van der Waals surface area contributed by atoms with Crippen molar-refractivity contribution >= 4 is 62.8 Å². The average molecular weight is 547 g/mol. The number of benzene rings is 5. The van der Waals surface area contributed by atoms with E-state index >= 15 is 0 Å². The molecule has 1 aliphatic heterocycles. The molecule has 1 fully saturated rings. The number of carbonyl (C=O) groups excluding carboxylic acids is 3. The van der Waals surface area contributed by atoms with Crippen LogP contribution in [-0.4, -0.2) is 17.8 Å². The summed E-state index contributed by atoms with van der Waals surface area (Å²) in [6.07, 6.45) is 1.49. The first-order valence-electron chi connectivity index (χ1n) is 12.7. The molecule has 1 N–H and O–H groups in total. The van der Waals surface area contributed by atoms with Crippen LogP contribution in [0.5, 0.6) is 5.75 Å². The number of urea groups is 1. The Hall–Kier alpha value is -4.94. The normalized spacial score (nSPS) is 14.7. The van der Waals surface area contributed by atoms with Crippen LogP contribution in [0.25, 0.3) is 27.6 Å². The van der Waals surface area contributed by atoms with Crippen LogP contribution in [-0.2, 0) is 16.2 Å². The van der Waals surface area contributed by atoms with Gasteiger partial charge in [-0.2, -0.15) is 0 Å². The number of barbiturate groups is 1. The molecule has 0 aromatic heterocycles. The van der Waals surface area contributed by atoms with E-state index in [1.165, 1.54) is 12.1 Å². The van der Waals surface area contributed by atoms with Gasteiger partial charge in [-0.05, 0) is 63.9 Å². The fourth-order valence-corrected chi connectivity index (χ4v) is 5.06. The van der Waals surface area contributed by atoms with E-state index in [9.17, 15) is 14.4 Å². The van der Waals surface area contributed by atoms with Gasteiger partial charge in [-0.15, -0.1) is 0 Å². The van der Waals surface area contributed by atoms with Crippen molar-refractivity contribution in [3.8, 4) is 5.75 Å². The Labute approximate surface area is 235 Å². The van der Waals surface area contributed by atoms with E-state index in [1.807, 2.05) is 85.8 Å². The van der Waals surface area contributed by atoms with Gasteiger partial charge >= 0.3 is 6.03 Å². The highest BCUT2D eigenvalue weighted by atomic mass is 35.5. The van der Waals surface area contributed by atoms with E-state index in [0.29, 0.717) is 16.3 Å². The Bertz CT molecular complexity index is 1870. The molecular formula is C33H23ClN2O4. The van der Waals surface area contributed by atoms with Crippen LogP contribution >= 0.6 is 11.6 Å². The molecule has 196 valence electrons. The predicted octanol–water partition coefficient (Wildman–Crippen LogP) is 7.20. The molecule has 40 heavy (non-hydrogen) atoms. The number of carbonyl (C=O) groups is 3. The Kier molecular flexibility index (Phi) is 6.54. The summed E-state index contributed by atoms with van der Waals surface area (Å²) in [6, 6.07) is 29.5. The number of nitrogens with zero attached hydrogens (tertiary/aromatic N) is 1. The van der Waals surface area contributed by atoms with E-state index in [-0.39, 0.29) is 17.9 Å². The van der Waals surface area contributed by atoms with Crippen molar-refractivity contribution in [2.75, 3.05) is 4.90 Å². The fourth-order valence-electron chi connectivity index (χ4n) is 4.88. The summed E-state index contributed by atoms with van der Waals surface area (Å²) in [5.41, 5.74) is 2.44. The summed E-state index contributed by atoms with van der Waals surface area (Å²) < 4.78 is 6.33. The molecule has 0 saturated carbocycles. The van der Waals surface area contributed by atoms with Crippen molar-refractivity contribution in [3.05, 3.63) is 124 Å². The van der Waals surface area contributed by atoms with Gasteiger partial charge in [0.05, 0.1) is 5.69 Å². The molecule has 1 aliphatic rings. The van der Waals surface area contributed by atoms with E-state index < -0.39 is 17.8 Å². The van der Waals surface area contributed by atoms with Crippen LogP contribution < -0.4 is 15.0 Å². The number of ether oxygens (including phenoxy) is 1. The lowest BCUT2D eigenvalue weighted by Crippen LogP contribution is -2.54. The SMILES string of the molecule is Cc1ccc(N2C(=O)NC(=O)C(=Cc3c(OCc4cccc5ccccc45)ccc4ccccc34)C2=O)cc1Cl. The number of hydrogen-bond acceptors (Lipinski definition) is 4. The van der Waals surface area contributed by atoms with Crippen molar-refractivity contribution in [1.82, 2.24) is 5.32 Å². The maximum atomic E-state index is 13.6. The summed E-state index contributed by atoms with van der Waals surface area (Å²) in [5.74, 6) is -1.03. The lowest BCUT2D eigenvalue weighted by Gasteiger charge is -2.27. The van der Waals surface area contributed by atoms with E-state index in [1.54, 1.807) is 12.1 Å². The molecule has 0 unspecified atom stereocenters. The van der Waals surface area contributed by atoms with Gasteiger partial charge in [-0.25, -0.2) is 9.69 Å². The van der Waals surface area contributed by atoms with Crippen molar-refractivity contribution in [2.45, 2.75) is 13.5 Å². The van der Waals surface area contributed by atoms with Gasteiger partial charge in [0.1, 0.15) is 17.9 Å². The number of aryl methyl sites for hydroxylation is 1. The van der Waals surface area contributed by atoms with Gasteiger partial charge < -0.3 is 4.74 Å². The summed E-state index contributed by atoms with van der Waals surface area (Å²) in [4.78, 5) is 40.2.